The van der Waals surface area contributed by atoms with Gasteiger partial charge in [-0.05, 0) is 13.8 Å². The smallest absolute Gasteiger partial charge is 0.331 e. The minimum absolute atomic E-state index is 0.169. The molecule has 0 aliphatic carbocycles. The van der Waals surface area contributed by atoms with Crippen LogP contribution < -0.4 is 11.2 Å². The van der Waals surface area contributed by atoms with Gasteiger partial charge in [0, 0.05) is 6.07 Å². The highest BCUT2D eigenvalue weighted by Crippen LogP contribution is 2.42. The van der Waals surface area contributed by atoms with Gasteiger partial charge < -0.3 is 19.0 Å². The number of hydrogen-bond donors (Lipinski definition) is 1. The van der Waals surface area contributed by atoms with Gasteiger partial charge in [0.15, 0.2) is 24.6 Å². The molecule has 118 valence electrons. The van der Waals surface area contributed by atoms with Crippen molar-refractivity contribution >= 4 is 12.6 Å². The molecule has 9 nitrogen and oxygen atoms in total. The normalized spacial score (nSPS) is 32.6. The third-order valence-electron chi connectivity index (χ3n) is 3.58. The molecule has 1 N–H and O–H groups in total. The maximum atomic E-state index is 12.0. The molecule has 22 heavy (non-hydrogen) atoms. The first kappa shape index (κ1) is 14.8. The summed E-state index contributed by atoms with van der Waals surface area (Å²) in [5.41, 5.74) is -1.69. The van der Waals surface area contributed by atoms with Crippen LogP contribution in [0.4, 0.5) is 0 Å². The van der Waals surface area contributed by atoms with Crippen LogP contribution in [0.5, 0.6) is 0 Å². The minimum Gasteiger partial charge on any atom is -0.341 e. The fraction of sp³-hybridized carbons (Fsp3) is 0.538. The van der Waals surface area contributed by atoms with Crippen molar-refractivity contribution in [1.29, 1.82) is 0 Å². The van der Waals surface area contributed by atoms with Gasteiger partial charge in [0.1, 0.15) is 18.3 Å². The number of rotatable bonds is 3. The zero-order valence-corrected chi connectivity index (χ0v) is 11.8. The lowest BCUT2D eigenvalue weighted by Gasteiger charge is -2.24. The molecule has 2 saturated heterocycles. The highest BCUT2D eigenvalue weighted by atomic mass is 16.8. The van der Waals surface area contributed by atoms with Crippen molar-refractivity contribution in [3.63, 3.8) is 0 Å². The molecule has 2 fully saturated rings. The summed E-state index contributed by atoms with van der Waals surface area (Å²) in [6.45, 7) is 3.33. The lowest BCUT2D eigenvalue weighted by molar-refractivity contribution is -0.195. The predicted octanol–water partition coefficient (Wildman–Crippen LogP) is -1.03. The van der Waals surface area contributed by atoms with E-state index in [2.05, 4.69) is 4.98 Å². The topological polar surface area (TPSA) is 117 Å². The number of aromatic amines is 1. The van der Waals surface area contributed by atoms with Gasteiger partial charge in [-0.15, -0.1) is 0 Å². The summed E-state index contributed by atoms with van der Waals surface area (Å²) in [5.74, 6) is -0.953. The van der Waals surface area contributed by atoms with Gasteiger partial charge in [0.05, 0.1) is 5.69 Å². The maximum Gasteiger partial charge on any atom is 0.331 e. The van der Waals surface area contributed by atoms with E-state index in [9.17, 15) is 19.2 Å². The largest absolute Gasteiger partial charge is 0.341 e. The molecule has 0 unspecified atom stereocenters. The molecule has 1 aromatic rings. The third-order valence-corrected chi connectivity index (χ3v) is 3.58. The SMILES string of the molecule is CC1(C)O[C@@H]2[C@H](O1)[C@@H](C=O)O[C@H]2n1c(C=O)cc(=O)[nH]c1=O. The number of fused-ring (bicyclic) bond motifs is 1. The van der Waals surface area contributed by atoms with E-state index in [4.69, 9.17) is 14.2 Å². The lowest BCUT2D eigenvalue weighted by atomic mass is 10.1. The molecular formula is C13H14N2O7. The van der Waals surface area contributed by atoms with Crippen LogP contribution in [0.15, 0.2) is 15.7 Å². The fourth-order valence-corrected chi connectivity index (χ4v) is 2.80. The molecule has 0 radical (unpaired) electrons. The molecule has 0 spiro atoms. The molecule has 0 saturated carbocycles. The zero-order valence-electron chi connectivity index (χ0n) is 11.8. The summed E-state index contributed by atoms with van der Waals surface area (Å²) in [5, 5.41) is 0. The van der Waals surface area contributed by atoms with Crippen LogP contribution >= 0.6 is 0 Å². The lowest BCUT2D eigenvalue weighted by Crippen LogP contribution is -2.39. The van der Waals surface area contributed by atoms with Gasteiger partial charge in [-0.3, -0.25) is 19.1 Å². The number of H-pyrrole nitrogens is 1. The van der Waals surface area contributed by atoms with E-state index in [-0.39, 0.29) is 5.69 Å². The highest BCUT2D eigenvalue weighted by Gasteiger charge is 2.56. The Morgan fingerprint density at radius 1 is 1.23 bits per heavy atom. The fourth-order valence-electron chi connectivity index (χ4n) is 2.80. The molecule has 2 aliphatic rings. The Labute approximate surface area is 123 Å². The summed E-state index contributed by atoms with van der Waals surface area (Å²) in [6, 6.07) is 0.974. The molecule has 1 aromatic heterocycles. The van der Waals surface area contributed by atoms with Crippen LogP contribution in [0.3, 0.4) is 0 Å². The zero-order chi connectivity index (χ0) is 16.1. The van der Waals surface area contributed by atoms with E-state index in [0.717, 1.165) is 10.6 Å². The van der Waals surface area contributed by atoms with Gasteiger partial charge in [-0.2, -0.15) is 0 Å². The molecule has 3 heterocycles. The number of hydrogen-bond acceptors (Lipinski definition) is 7. The quantitative estimate of drug-likeness (QED) is 0.709. The summed E-state index contributed by atoms with van der Waals surface area (Å²) in [7, 11) is 0. The second-order valence-electron chi connectivity index (χ2n) is 5.54. The standard InChI is InChI=1S/C13H14N2O7/c1-13(2)21-9-7(5-17)20-11(10(9)22-13)15-6(4-16)3-8(18)14-12(15)19/h3-5,7,9-11H,1-2H3,(H,14,18,19)/t7-,9-,10-,11-/m1/s1. The number of carbonyl (C=O) groups is 2. The van der Waals surface area contributed by atoms with Crippen LogP contribution in [0.1, 0.15) is 30.6 Å². The Morgan fingerprint density at radius 2 is 1.91 bits per heavy atom. The Morgan fingerprint density at radius 3 is 2.55 bits per heavy atom. The molecule has 0 bridgehead atoms. The molecule has 0 amide bonds. The number of carbonyl (C=O) groups excluding carboxylic acids is 2. The number of aromatic nitrogens is 2. The number of nitrogens with zero attached hydrogens (tertiary/aromatic N) is 1. The Hall–Kier alpha value is -2.10. The Balaban J connectivity index is 2.09. The predicted molar refractivity (Wildman–Crippen MR) is 70.5 cm³/mol. The van der Waals surface area contributed by atoms with Gasteiger partial charge in [-0.1, -0.05) is 0 Å². The Kier molecular flexibility index (Phi) is 3.35. The summed E-state index contributed by atoms with van der Waals surface area (Å²) < 4.78 is 17.7. The van der Waals surface area contributed by atoms with Crippen molar-refractivity contribution in [2.75, 3.05) is 0 Å². The summed E-state index contributed by atoms with van der Waals surface area (Å²) in [6.07, 6.45) is -2.52. The van der Waals surface area contributed by atoms with E-state index in [1.165, 1.54) is 0 Å². The van der Waals surface area contributed by atoms with Crippen molar-refractivity contribution in [3.05, 3.63) is 32.6 Å². The van der Waals surface area contributed by atoms with E-state index in [1.807, 2.05) is 0 Å². The number of ether oxygens (including phenoxy) is 3. The van der Waals surface area contributed by atoms with Crippen LogP contribution in [0.2, 0.25) is 0 Å². The second-order valence-corrected chi connectivity index (χ2v) is 5.54. The number of aldehydes is 2. The van der Waals surface area contributed by atoms with Crippen molar-refractivity contribution < 1.29 is 23.8 Å². The first-order chi connectivity index (χ1) is 10.4. The molecule has 9 heteroatoms. The van der Waals surface area contributed by atoms with E-state index < -0.39 is 41.6 Å². The first-order valence-electron chi connectivity index (χ1n) is 6.64. The monoisotopic (exact) mass is 310 g/mol. The van der Waals surface area contributed by atoms with E-state index >= 15 is 0 Å². The molecule has 3 rings (SSSR count). The highest BCUT2D eigenvalue weighted by molar-refractivity contribution is 5.71. The van der Waals surface area contributed by atoms with Crippen LogP contribution in [-0.4, -0.2) is 46.2 Å². The molecule has 0 aromatic carbocycles. The van der Waals surface area contributed by atoms with E-state index in [0.29, 0.717) is 12.6 Å². The third kappa shape index (κ3) is 2.23. The first-order valence-corrected chi connectivity index (χ1v) is 6.64. The Bertz CT molecular complexity index is 735. The van der Waals surface area contributed by atoms with Crippen molar-refractivity contribution in [1.82, 2.24) is 9.55 Å². The van der Waals surface area contributed by atoms with Gasteiger partial charge >= 0.3 is 5.69 Å². The summed E-state index contributed by atoms with van der Waals surface area (Å²) >= 11 is 0. The van der Waals surface area contributed by atoms with Crippen molar-refractivity contribution in [2.45, 2.75) is 44.2 Å². The van der Waals surface area contributed by atoms with Gasteiger partial charge in [-0.25, -0.2) is 4.79 Å². The second kappa shape index (κ2) is 4.97. The van der Waals surface area contributed by atoms with Crippen molar-refractivity contribution in [3.8, 4) is 0 Å². The van der Waals surface area contributed by atoms with Crippen LogP contribution in [0, 0.1) is 0 Å². The van der Waals surface area contributed by atoms with Crippen LogP contribution in [0.25, 0.3) is 0 Å². The number of nitrogens with one attached hydrogen (secondary N) is 1. The van der Waals surface area contributed by atoms with Crippen LogP contribution in [-0.2, 0) is 19.0 Å². The average Bonchev–Trinajstić information content (AvgIpc) is 2.91. The minimum atomic E-state index is -1.05. The van der Waals surface area contributed by atoms with Gasteiger partial charge in [0.2, 0.25) is 0 Å². The maximum absolute atomic E-state index is 12.0. The van der Waals surface area contributed by atoms with E-state index in [1.54, 1.807) is 13.8 Å². The van der Waals surface area contributed by atoms with Gasteiger partial charge in [0.25, 0.3) is 5.56 Å². The van der Waals surface area contributed by atoms with Crippen molar-refractivity contribution in [2.24, 2.45) is 0 Å². The molecule has 4 atom stereocenters. The average molecular weight is 310 g/mol. The molecular weight excluding hydrogens is 296 g/mol. The molecule has 2 aliphatic heterocycles. The summed E-state index contributed by atoms with van der Waals surface area (Å²) in [4.78, 5) is 47.7.